The Morgan fingerprint density at radius 3 is 2.69 bits per heavy atom. The molecule has 0 bridgehead atoms. The molecule has 6 heteroatoms. The summed E-state index contributed by atoms with van der Waals surface area (Å²) in [5.74, 6) is -0.942. The van der Waals surface area contributed by atoms with E-state index in [4.69, 9.17) is 11.6 Å². The highest BCUT2D eigenvalue weighted by Gasteiger charge is 2.24. The van der Waals surface area contributed by atoms with Gasteiger partial charge in [0.25, 0.3) is 0 Å². The van der Waals surface area contributed by atoms with Gasteiger partial charge in [-0.15, -0.1) is 0 Å². The number of aromatic nitrogens is 2. The van der Waals surface area contributed by atoms with Gasteiger partial charge in [0.2, 0.25) is 5.91 Å². The topological polar surface area (TPSA) is 57.8 Å². The lowest BCUT2D eigenvalue weighted by molar-refractivity contribution is -0.121. The second kappa shape index (κ2) is 8.45. The van der Waals surface area contributed by atoms with Crippen molar-refractivity contribution >= 4 is 28.4 Å². The molecule has 2 heterocycles. The van der Waals surface area contributed by atoms with E-state index in [9.17, 15) is 9.18 Å². The van der Waals surface area contributed by atoms with Crippen molar-refractivity contribution in [3.8, 4) is 0 Å². The average molecular weight is 408 g/mol. The molecule has 2 N–H and O–H groups in total. The molecule has 1 atom stereocenters. The van der Waals surface area contributed by atoms with Gasteiger partial charge in [0.15, 0.2) is 0 Å². The first-order valence-corrected chi connectivity index (χ1v) is 9.66. The minimum absolute atomic E-state index is 0.117. The number of amides is 1. The van der Waals surface area contributed by atoms with Crippen LogP contribution < -0.4 is 5.32 Å². The van der Waals surface area contributed by atoms with E-state index in [0.717, 1.165) is 22.0 Å². The summed E-state index contributed by atoms with van der Waals surface area (Å²) >= 11 is 6.18. The Hall–Kier alpha value is -3.18. The van der Waals surface area contributed by atoms with Crippen LogP contribution in [0.3, 0.4) is 0 Å². The smallest absolute Gasteiger partial charge is 0.221 e. The van der Waals surface area contributed by atoms with Crippen LogP contribution in [0.1, 0.15) is 29.0 Å². The predicted octanol–water partition coefficient (Wildman–Crippen LogP) is 5.19. The molecular weight excluding hydrogens is 389 g/mol. The largest absolute Gasteiger partial charge is 0.361 e. The van der Waals surface area contributed by atoms with Gasteiger partial charge >= 0.3 is 0 Å². The first kappa shape index (κ1) is 19.2. The Balaban J connectivity index is 1.65. The summed E-state index contributed by atoms with van der Waals surface area (Å²) in [4.78, 5) is 19.9. The molecule has 0 saturated heterocycles. The van der Waals surface area contributed by atoms with Crippen LogP contribution in [0.5, 0.6) is 0 Å². The van der Waals surface area contributed by atoms with E-state index < -0.39 is 5.92 Å². The fourth-order valence-corrected chi connectivity index (χ4v) is 3.68. The molecule has 29 heavy (non-hydrogen) atoms. The summed E-state index contributed by atoms with van der Waals surface area (Å²) in [6.45, 7) is 0.394. The van der Waals surface area contributed by atoms with Crippen LogP contribution in [0, 0.1) is 5.82 Å². The molecule has 4 aromatic rings. The molecule has 4 rings (SSSR count). The van der Waals surface area contributed by atoms with E-state index in [1.165, 1.54) is 6.07 Å². The second-order valence-electron chi connectivity index (χ2n) is 6.84. The third-order valence-corrected chi connectivity index (χ3v) is 5.20. The fraction of sp³-hybridized carbons (Fsp3) is 0.130. The molecule has 2 aromatic carbocycles. The Morgan fingerprint density at radius 1 is 1.10 bits per heavy atom. The van der Waals surface area contributed by atoms with E-state index in [0.29, 0.717) is 17.1 Å². The molecule has 4 nitrogen and oxygen atoms in total. The molecule has 146 valence electrons. The maximum absolute atomic E-state index is 14.6. The maximum atomic E-state index is 14.6. The number of nitrogens with zero attached hydrogens (tertiary/aromatic N) is 1. The zero-order valence-electron chi connectivity index (χ0n) is 15.5. The van der Waals surface area contributed by atoms with Crippen molar-refractivity contribution in [1.29, 1.82) is 0 Å². The maximum Gasteiger partial charge on any atom is 0.221 e. The Labute approximate surface area is 172 Å². The minimum Gasteiger partial charge on any atom is -0.361 e. The van der Waals surface area contributed by atoms with Gasteiger partial charge in [0, 0.05) is 53.4 Å². The van der Waals surface area contributed by atoms with Crippen LogP contribution in [0.25, 0.3) is 10.9 Å². The monoisotopic (exact) mass is 407 g/mol. The number of benzene rings is 2. The van der Waals surface area contributed by atoms with Crippen LogP contribution >= 0.6 is 11.6 Å². The number of hydrogen-bond acceptors (Lipinski definition) is 2. The Morgan fingerprint density at radius 2 is 1.90 bits per heavy atom. The Kier molecular flexibility index (Phi) is 5.58. The van der Waals surface area contributed by atoms with E-state index in [1.807, 2.05) is 30.5 Å². The van der Waals surface area contributed by atoms with Crippen LogP contribution in [0.2, 0.25) is 5.02 Å². The number of rotatable bonds is 6. The van der Waals surface area contributed by atoms with Crippen molar-refractivity contribution in [2.75, 3.05) is 0 Å². The standard InChI is InChI=1S/C23H19ClFN3O/c24-16-5-6-22-19(11-16)20(14-27-22)18(17-3-1-2-4-21(17)25)12-23(29)28-13-15-7-9-26-10-8-15/h1-11,14,18,27H,12-13H2,(H,28,29). The quantitative estimate of drug-likeness (QED) is 0.462. The number of pyridine rings is 1. The van der Waals surface area contributed by atoms with Crippen molar-refractivity contribution in [1.82, 2.24) is 15.3 Å². The number of nitrogens with one attached hydrogen (secondary N) is 2. The third-order valence-electron chi connectivity index (χ3n) is 4.96. The molecular formula is C23H19ClFN3O. The Bertz CT molecular complexity index is 1140. The number of H-pyrrole nitrogens is 1. The van der Waals surface area contributed by atoms with Crippen LogP contribution in [-0.2, 0) is 11.3 Å². The number of fused-ring (bicyclic) bond motifs is 1. The fourth-order valence-electron chi connectivity index (χ4n) is 3.51. The molecule has 0 radical (unpaired) electrons. The lowest BCUT2D eigenvalue weighted by Crippen LogP contribution is -2.25. The van der Waals surface area contributed by atoms with Gasteiger partial charge in [0.1, 0.15) is 5.82 Å². The molecule has 2 aromatic heterocycles. The minimum atomic E-state index is -0.444. The molecule has 0 fully saturated rings. The van der Waals surface area contributed by atoms with E-state index in [1.54, 1.807) is 36.7 Å². The number of carbonyl (C=O) groups excluding carboxylic acids is 1. The molecule has 0 saturated carbocycles. The summed E-state index contributed by atoms with van der Waals surface area (Å²) in [6.07, 6.45) is 5.30. The normalized spacial score (nSPS) is 12.1. The summed E-state index contributed by atoms with van der Waals surface area (Å²) in [5, 5.41) is 4.39. The summed E-state index contributed by atoms with van der Waals surface area (Å²) in [6, 6.07) is 15.8. The molecule has 1 amide bonds. The van der Waals surface area contributed by atoms with Gasteiger partial charge < -0.3 is 10.3 Å². The summed E-state index contributed by atoms with van der Waals surface area (Å²) < 4.78 is 14.6. The SMILES string of the molecule is O=C(CC(c1ccccc1F)c1c[nH]c2ccc(Cl)cc12)NCc1ccncc1. The van der Waals surface area contributed by atoms with Gasteiger partial charge in [-0.05, 0) is 53.1 Å². The van der Waals surface area contributed by atoms with Crippen LogP contribution in [0.4, 0.5) is 4.39 Å². The van der Waals surface area contributed by atoms with Gasteiger partial charge in [-0.3, -0.25) is 9.78 Å². The van der Waals surface area contributed by atoms with Gasteiger partial charge in [0.05, 0.1) is 0 Å². The number of aromatic amines is 1. The van der Waals surface area contributed by atoms with Crippen molar-refractivity contribution in [3.63, 3.8) is 0 Å². The number of carbonyl (C=O) groups is 1. The molecule has 1 unspecified atom stereocenters. The first-order chi connectivity index (χ1) is 14.1. The van der Waals surface area contributed by atoms with Gasteiger partial charge in [-0.1, -0.05) is 29.8 Å². The van der Waals surface area contributed by atoms with E-state index >= 15 is 0 Å². The van der Waals surface area contributed by atoms with Gasteiger partial charge in [-0.25, -0.2) is 4.39 Å². The molecule has 0 spiro atoms. The van der Waals surface area contributed by atoms with E-state index in [-0.39, 0.29) is 18.1 Å². The number of hydrogen-bond donors (Lipinski definition) is 2. The second-order valence-corrected chi connectivity index (χ2v) is 7.28. The zero-order valence-corrected chi connectivity index (χ0v) is 16.3. The number of halogens is 2. The lowest BCUT2D eigenvalue weighted by Gasteiger charge is -2.18. The zero-order chi connectivity index (χ0) is 20.2. The van der Waals surface area contributed by atoms with Crippen LogP contribution in [-0.4, -0.2) is 15.9 Å². The van der Waals surface area contributed by atoms with Crippen molar-refractivity contribution in [2.45, 2.75) is 18.9 Å². The summed E-state index contributed by atoms with van der Waals surface area (Å²) in [7, 11) is 0. The van der Waals surface area contributed by atoms with E-state index in [2.05, 4.69) is 15.3 Å². The average Bonchev–Trinajstić information content (AvgIpc) is 3.15. The lowest BCUT2D eigenvalue weighted by atomic mass is 9.87. The third kappa shape index (κ3) is 4.30. The van der Waals surface area contributed by atoms with Crippen LogP contribution in [0.15, 0.2) is 73.2 Å². The summed E-state index contributed by atoms with van der Waals surface area (Å²) in [5.41, 5.74) is 3.16. The highest BCUT2D eigenvalue weighted by Crippen LogP contribution is 2.35. The highest BCUT2D eigenvalue weighted by molar-refractivity contribution is 6.31. The predicted molar refractivity (Wildman–Crippen MR) is 112 cm³/mol. The van der Waals surface area contributed by atoms with Gasteiger partial charge in [-0.2, -0.15) is 0 Å². The molecule has 0 aliphatic carbocycles. The molecule has 0 aliphatic rings. The van der Waals surface area contributed by atoms with Crippen molar-refractivity contribution in [3.05, 3.63) is 101 Å². The highest BCUT2D eigenvalue weighted by atomic mass is 35.5. The first-order valence-electron chi connectivity index (χ1n) is 9.28. The van der Waals surface area contributed by atoms with Crippen molar-refractivity contribution in [2.24, 2.45) is 0 Å². The molecule has 0 aliphatic heterocycles. The van der Waals surface area contributed by atoms with Crippen molar-refractivity contribution < 1.29 is 9.18 Å².